The number of nitrogens with one attached hydrogen (secondary N) is 2. The molecule has 0 aliphatic carbocycles. The second-order valence-electron chi connectivity index (χ2n) is 4.90. The maximum atomic E-state index is 13.5. The van der Waals surface area contributed by atoms with Gasteiger partial charge in [-0.05, 0) is 18.2 Å². The number of hydrogen-bond acceptors (Lipinski definition) is 3. The van der Waals surface area contributed by atoms with Gasteiger partial charge in [-0.1, -0.05) is 18.2 Å². The minimum atomic E-state index is -0.984. The third-order valence-electron chi connectivity index (χ3n) is 3.25. The van der Waals surface area contributed by atoms with E-state index >= 15 is 0 Å². The molecule has 2 amide bonds. The summed E-state index contributed by atoms with van der Waals surface area (Å²) in [5.74, 6) is -2.37. The molecule has 0 aliphatic rings. The van der Waals surface area contributed by atoms with Gasteiger partial charge >= 0.3 is 0 Å². The summed E-state index contributed by atoms with van der Waals surface area (Å²) in [6.45, 7) is -0.103. The summed E-state index contributed by atoms with van der Waals surface area (Å²) >= 11 is 0. The van der Waals surface area contributed by atoms with E-state index < -0.39 is 23.4 Å². The molecule has 2 N–H and O–H groups in total. The van der Waals surface area contributed by atoms with Crippen LogP contribution in [0.3, 0.4) is 0 Å². The summed E-state index contributed by atoms with van der Waals surface area (Å²) in [6.07, 6.45) is 0. The monoisotopic (exact) mass is 334 g/mol. The quantitative estimate of drug-likeness (QED) is 0.849. The molecule has 0 radical (unpaired) electrons. The molecular weight excluding hydrogens is 318 g/mol. The van der Waals surface area contributed by atoms with Gasteiger partial charge in [-0.3, -0.25) is 9.59 Å². The van der Waals surface area contributed by atoms with Crippen LogP contribution in [0.4, 0.5) is 8.78 Å². The minimum Gasteiger partial charge on any atom is -0.496 e. The molecule has 0 spiro atoms. The lowest BCUT2D eigenvalue weighted by molar-refractivity contribution is -0.120. The molecule has 24 heavy (non-hydrogen) atoms. The fourth-order valence-electron chi connectivity index (χ4n) is 2.03. The van der Waals surface area contributed by atoms with Crippen molar-refractivity contribution in [2.24, 2.45) is 0 Å². The zero-order valence-corrected chi connectivity index (χ0v) is 12.9. The van der Waals surface area contributed by atoms with Crippen molar-refractivity contribution in [3.63, 3.8) is 0 Å². The van der Waals surface area contributed by atoms with Crippen LogP contribution in [0.25, 0.3) is 0 Å². The highest BCUT2D eigenvalue weighted by Crippen LogP contribution is 2.16. The van der Waals surface area contributed by atoms with Crippen molar-refractivity contribution in [3.05, 3.63) is 65.2 Å². The van der Waals surface area contributed by atoms with Gasteiger partial charge in [0.15, 0.2) is 0 Å². The number of methoxy groups -OCH3 is 1. The van der Waals surface area contributed by atoms with Crippen molar-refractivity contribution >= 4 is 11.8 Å². The van der Waals surface area contributed by atoms with Crippen LogP contribution >= 0.6 is 0 Å². The first-order valence-electron chi connectivity index (χ1n) is 7.13. The maximum absolute atomic E-state index is 13.5. The van der Waals surface area contributed by atoms with Gasteiger partial charge in [-0.2, -0.15) is 0 Å². The molecule has 126 valence electrons. The first-order valence-corrected chi connectivity index (χ1v) is 7.13. The number of rotatable bonds is 6. The second-order valence-corrected chi connectivity index (χ2v) is 4.90. The highest BCUT2D eigenvalue weighted by molar-refractivity contribution is 5.96. The van der Waals surface area contributed by atoms with E-state index in [4.69, 9.17) is 4.74 Å². The average molecular weight is 334 g/mol. The van der Waals surface area contributed by atoms with E-state index in [-0.39, 0.29) is 18.7 Å². The Bertz CT molecular complexity index is 750. The van der Waals surface area contributed by atoms with Gasteiger partial charge < -0.3 is 15.4 Å². The highest BCUT2D eigenvalue weighted by Gasteiger charge is 2.13. The number of benzene rings is 2. The van der Waals surface area contributed by atoms with Crippen molar-refractivity contribution in [3.8, 4) is 5.75 Å². The summed E-state index contributed by atoms with van der Waals surface area (Å²) in [5.41, 5.74) is 0.457. The standard InChI is InChI=1S/C17H16F2N2O3/c1-24-15-5-3-2-4-11(15)9-20-16(22)10-21-17(23)13-7-6-12(18)8-14(13)19/h2-8H,9-10H2,1H3,(H,20,22)(H,21,23). The first-order chi connectivity index (χ1) is 11.5. The first kappa shape index (κ1) is 17.4. The lowest BCUT2D eigenvalue weighted by atomic mass is 10.2. The molecular formula is C17H16F2N2O3. The Balaban J connectivity index is 1.85. The molecule has 0 aromatic heterocycles. The maximum Gasteiger partial charge on any atom is 0.254 e. The largest absolute Gasteiger partial charge is 0.496 e. The summed E-state index contributed by atoms with van der Waals surface area (Å²) < 4.78 is 31.4. The van der Waals surface area contributed by atoms with Crippen molar-refractivity contribution < 1.29 is 23.1 Å². The Hall–Kier alpha value is -2.96. The van der Waals surface area contributed by atoms with Gasteiger partial charge in [0.2, 0.25) is 5.91 Å². The van der Waals surface area contributed by atoms with E-state index in [9.17, 15) is 18.4 Å². The number of halogens is 2. The third-order valence-corrected chi connectivity index (χ3v) is 3.25. The van der Waals surface area contributed by atoms with Crippen LogP contribution in [0.1, 0.15) is 15.9 Å². The van der Waals surface area contributed by atoms with Crippen LogP contribution in [-0.4, -0.2) is 25.5 Å². The van der Waals surface area contributed by atoms with Crippen molar-refractivity contribution in [2.45, 2.75) is 6.54 Å². The number of amides is 2. The molecule has 7 heteroatoms. The fourth-order valence-corrected chi connectivity index (χ4v) is 2.03. The summed E-state index contributed by atoms with van der Waals surface area (Å²) in [7, 11) is 1.53. The molecule has 2 aromatic rings. The van der Waals surface area contributed by atoms with Crippen LogP contribution in [0.15, 0.2) is 42.5 Å². The summed E-state index contributed by atoms with van der Waals surface area (Å²) in [4.78, 5) is 23.6. The van der Waals surface area contributed by atoms with Gasteiger partial charge in [-0.15, -0.1) is 0 Å². The number of carbonyl (C=O) groups is 2. The SMILES string of the molecule is COc1ccccc1CNC(=O)CNC(=O)c1ccc(F)cc1F. The zero-order chi connectivity index (χ0) is 17.5. The zero-order valence-electron chi connectivity index (χ0n) is 12.9. The Morgan fingerprint density at radius 1 is 1.08 bits per heavy atom. The third kappa shape index (κ3) is 4.52. The van der Waals surface area contributed by atoms with Crippen LogP contribution in [-0.2, 0) is 11.3 Å². The molecule has 2 rings (SSSR count). The summed E-state index contributed by atoms with van der Waals surface area (Å²) in [5, 5.41) is 4.90. The fraction of sp³-hybridized carbons (Fsp3) is 0.176. The Morgan fingerprint density at radius 2 is 1.83 bits per heavy atom. The number of hydrogen-bond donors (Lipinski definition) is 2. The van der Waals surface area contributed by atoms with E-state index in [2.05, 4.69) is 10.6 Å². The van der Waals surface area contributed by atoms with Crippen LogP contribution < -0.4 is 15.4 Å². The van der Waals surface area contributed by atoms with Gasteiger partial charge in [0.25, 0.3) is 5.91 Å². The molecule has 0 saturated carbocycles. The van der Waals surface area contributed by atoms with Crippen molar-refractivity contribution in [1.29, 1.82) is 0 Å². The van der Waals surface area contributed by atoms with E-state index in [0.29, 0.717) is 11.8 Å². The molecule has 0 aliphatic heterocycles. The smallest absolute Gasteiger partial charge is 0.254 e. The Kier molecular flexibility index (Phi) is 5.83. The van der Waals surface area contributed by atoms with Gasteiger partial charge in [0.05, 0.1) is 19.2 Å². The van der Waals surface area contributed by atoms with E-state index in [1.807, 2.05) is 12.1 Å². The van der Waals surface area contributed by atoms with E-state index in [1.165, 1.54) is 7.11 Å². The molecule has 0 bridgehead atoms. The summed E-state index contributed by atoms with van der Waals surface area (Å²) in [6, 6.07) is 9.78. The predicted octanol–water partition coefficient (Wildman–Crippen LogP) is 2.02. The lowest BCUT2D eigenvalue weighted by Gasteiger charge is -2.10. The molecule has 0 unspecified atom stereocenters. The molecule has 5 nitrogen and oxygen atoms in total. The number of carbonyl (C=O) groups excluding carboxylic acids is 2. The van der Waals surface area contributed by atoms with Crippen molar-refractivity contribution in [1.82, 2.24) is 10.6 Å². The van der Waals surface area contributed by atoms with Gasteiger partial charge in [0, 0.05) is 18.2 Å². The predicted molar refractivity (Wildman–Crippen MR) is 83.5 cm³/mol. The molecule has 0 atom stereocenters. The number of ether oxygens (including phenoxy) is 1. The highest BCUT2D eigenvalue weighted by atomic mass is 19.1. The van der Waals surface area contributed by atoms with Crippen LogP contribution in [0.5, 0.6) is 5.75 Å². The van der Waals surface area contributed by atoms with Crippen LogP contribution in [0, 0.1) is 11.6 Å². The Labute approximate surface area is 137 Å². The molecule has 2 aromatic carbocycles. The average Bonchev–Trinajstić information content (AvgIpc) is 2.58. The van der Waals surface area contributed by atoms with Gasteiger partial charge in [0.1, 0.15) is 17.4 Å². The Morgan fingerprint density at radius 3 is 2.54 bits per heavy atom. The second kappa shape index (κ2) is 8.05. The van der Waals surface area contributed by atoms with Crippen molar-refractivity contribution in [2.75, 3.05) is 13.7 Å². The van der Waals surface area contributed by atoms with Crippen LogP contribution in [0.2, 0.25) is 0 Å². The van der Waals surface area contributed by atoms with Gasteiger partial charge in [-0.25, -0.2) is 8.78 Å². The van der Waals surface area contributed by atoms with E-state index in [1.54, 1.807) is 12.1 Å². The number of para-hydroxylation sites is 1. The van der Waals surface area contributed by atoms with E-state index in [0.717, 1.165) is 17.7 Å². The topological polar surface area (TPSA) is 67.4 Å². The molecule has 0 saturated heterocycles. The molecule has 0 heterocycles. The lowest BCUT2D eigenvalue weighted by Crippen LogP contribution is -2.37. The normalized spacial score (nSPS) is 10.1. The molecule has 0 fully saturated rings. The minimum absolute atomic E-state index is 0.226.